The summed E-state index contributed by atoms with van der Waals surface area (Å²) in [5.74, 6) is 0.288. The number of imide groups is 1. The van der Waals surface area contributed by atoms with Crippen LogP contribution < -0.4 is 4.74 Å². The number of ether oxygens (including phenoxy) is 1. The van der Waals surface area contributed by atoms with Gasteiger partial charge in [0.15, 0.2) is 0 Å². The maximum atomic E-state index is 12.9. The van der Waals surface area contributed by atoms with E-state index in [0.29, 0.717) is 32.9 Å². The molecule has 3 aromatic rings. The number of aryl methyl sites for hydroxylation is 1. The molecule has 0 atom stereocenters. The molecule has 0 saturated carbocycles. The summed E-state index contributed by atoms with van der Waals surface area (Å²) in [5.41, 5.74) is 3.64. The van der Waals surface area contributed by atoms with E-state index in [-0.39, 0.29) is 17.7 Å². The lowest BCUT2D eigenvalue weighted by Crippen LogP contribution is -2.27. The highest BCUT2D eigenvalue weighted by Gasteiger charge is 2.35. The Morgan fingerprint density at radius 2 is 1.68 bits per heavy atom. The molecule has 1 saturated heterocycles. The first-order valence-electron chi connectivity index (χ1n) is 10.1. The number of hydrogen-bond acceptors (Lipinski definition) is 4. The molecule has 0 unspecified atom stereocenters. The first-order valence-corrected chi connectivity index (χ1v) is 13.2. The summed E-state index contributed by atoms with van der Waals surface area (Å²) >= 11 is 20.1. The smallest absolute Gasteiger partial charge is 0.293 e. The van der Waals surface area contributed by atoms with Gasteiger partial charge in [-0.05, 0) is 97.6 Å². The monoisotopic (exact) mass is 639 g/mol. The lowest BCUT2D eigenvalue weighted by atomic mass is 10.1. The van der Waals surface area contributed by atoms with Crippen molar-refractivity contribution in [1.82, 2.24) is 4.90 Å². The molecule has 0 aromatic heterocycles. The first-order chi connectivity index (χ1) is 16.2. The van der Waals surface area contributed by atoms with Crippen LogP contribution in [0.3, 0.4) is 0 Å². The average molecular weight is 642 g/mol. The van der Waals surface area contributed by atoms with E-state index in [2.05, 4.69) is 31.9 Å². The van der Waals surface area contributed by atoms with Crippen LogP contribution in [0.2, 0.25) is 10.0 Å². The molecule has 4 rings (SSSR count). The Morgan fingerprint density at radius 1 is 1.00 bits per heavy atom. The Kier molecular flexibility index (Phi) is 8.10. The average Bonchev–Trinajstić information content (AvgIpc) is 3.03. The highest BCUT2D eigenvalue weighted by molar-refractivity contribution is 9.11. The van der Waals surface area contributed by atoms with Gasteiger partial charge in [0.05, 0.1) is 20.4 Å². The summed E-state index contributed by atoms with van der Waals surface area (Å²) in [5, 5.41) is 0.549. The van der Waals surface area contributed by atoms with Crippen LogP contribution in [0, 0.1) is 6.92 Å². The molecule has 34 heavy (non-hydrogen) atoms. The largest absolute Gasteiger partial charge is 0.487 e. The molecule has 174 valence electrons. The van der Waals surface area contributed by atoms with Gasteiger partial charge in [-0.15, -0.1) is 0 Å². The second kappa shape index (κ2) is 10.9. The van der Waals surface area contributed by atoms with Crippen LogP contribution in [0.5, 0.6) is 5.75 Å². The topological polar surface area (TPSA) is 46.6 Å². The number of halogens is 4. The van der Waals surface area contributed by atoms with E-state index in [4.69, 9.17) is 27.9 Å². The number of thioether (sulfide) groups is 1. The maximum absolute atomic E-state index is 12.9. The van der Waals surface area contributed by atoms with Crippen molar-refractivity contribution >= 4 is 84.0 Å². The van der Waals surface area contributed by atoms with Gasteiger partial charge in [0.25, 0.3) is 11.1 Å². The van der Waals surface area contributed by atoms with Crippen molar-refractivity contribution in [1.29, 1.82) is 0 Å². The summed E-state index contributed by atoms with van der Waals surface area (Å²) < 4.78 is 7.45. The van der Waals surface area contributed by atoms with Gasteiger partial charge in [0.1, 0.15) is 12.4 Å². The fraction of sp³-hybridized carbons (Fsp3) is 0.120. The number of carbonyl (C=O) groups is 2. The third kappa shape index (κ3) is 5.89. The summed E-state index contributed by atoms with van der Waals surface area (Å²) in [6.07, 6.45) is 1.69. The second-order valence-corrected chi connectivity index (χ2v) is 11.1. The zero-order valence-electron chi connectivity index (χ0n) is 17.8. The number of rotatable bonds is 6. The van der Waals surface area contributed by atoms with Gasteiger partial charge in [0.2, 0.25) is 0 Å². The molecule has 1 aliphatic heterocycles. The number of carbonyl (C=O) groups excluding carboxylic acids is 2. The Bertz CT molecular complexity index is 1290. The van der Waals surface area contributed by atoms with Crippen molar-refractivity contribution in [3.05, 3.63) is 101 Å². The van der Waals surface area contributed by atoms with Crippen LogP contribution in [0.15, 0.2) is 68.4 Å². The van der Waals surface area contributed by atoms with E-state index >= 15 is 0 Å². The Hall–Kier alpha value is -1.77. The lowest BCUT2D eigenvalue weighted by Gasteiger charge is -2.14. The SMILES string of the molecule is Cc1ccc(COc2c(Br)cc(/C=C3\SC(=O)N(Cc4ccc(Cl)cc4Cl)C3=O)cc2Br)cc1. The molecule has 9 heteroatoms. The molecule has 0 bridgehead atoms. The standard InChI is InChI=1S/C25H17Br2Cl2NO3S/c1-14-2-4-15(5-3-14)13-33-23-19(26)8-16(9-20(23)27)10-22-24(31)30(25(32)34-22)12-17-6-7-18(28)11-21(17)29/h2-11H,12-13H2,1H3/b22-10-. The van der Waals surface area contributed by atoms with Crippen LogP contribution >= 0.6 is 66.8 Å². The van der Waals surface area contributed by atoms with Gasteiger partial charge >= 0.3 is 0 Å². The number of benzene rings is 3. The molecule has 4 nitrogen and oxygen atoms in total. The first kappa shape index (κ1) is 25.3. The molecular formula is C25H17Br2Cl2NO3S. The number of amides is 2. The van der Waals surface area contributed by atoms with E-state index in [1.807, 2.05) is 43.3 Å². The zero-order valence-corrected chi connectivity index (χ0v) is 23.3. The number of hydrogen-bond donors (Lipinski definition) is 0. The lowest BCUT2D eigenvalue weighted by molar-refractivity contribution is -0.123. The van der Waals surface area contributed by atoms with Crippen molar-refractivity contribution in [2.24, 2.45) is 0 Å². The van der Waals surface area contributed by atoms with Crippen LogP contribution in [0.4, 0.5) is 4.79 Å². The van der Waals surface area contributed by atoms with E-state index in [9.17, 15) is 9.59 Å². The second-order valence-electron chi connectivity index (χ2n) is 7.59. The van der Waals surface area contributed by atoms with E-state index < -0.39 is 0 Å². The van der Waals surface area contributed by atoms with Gasteiger partial charge in [-0.1, -0.05) is 59.1 Å². The van der Waals surface area contributed by atoms with Gasteiger partial charge in [0, 0.05) is 10.0 Å². The minimum Gasteiger partial charge on any atom is -0.487 e. The molecular weight excluding hydrogens is 625 g/mol. The van der Waals surface area contributed by atoms with Crippen LogP contribution in [-0.4, -0.2) is 16.0 Å². The van der Waals surface area contributed by atoms with Gasteiger partial charge < -0.3 is 4.74 Å². The normalized spacial score (nSPS) is 14.9. The summed E-state index contributed by atoms with van der Waals surface area (Å²) in [6, 6.07) is 16.8. The minimum absolute atomic E-state index is 0.0805. The molecule has 0 aliphatic carbocycles. The molecule has 2 amide bonds. The molecule has 0 N–H and O–H groups in total. The maximum Gasteiger partial charge on any atom is 0.293 e. The molecule has 3 aromatic carbocycles. The van der Waals surface area contributed by atoms with Crippen molar-refractivity contribution in [2.45, 2.75) is 20.1 Å². The third-order valence-electron chi connectivity index (χ3n) is 5.04. The molecule has 1 aliphatic rings. The zero-order chi connectivity index (χ0) is 24.4. The van der Waals surface area contributed by atoms with Crippen LogP contribution in [-0.2, 0) is 17.9 Å². The van der Waals surface area contributed by atoms with Crippen LogP contribution in [0.1, 0.15) is 22.3 Å². The van der Waals surface area contributed by atoms with Crippen molar-refractivity contribution in [3.8, 4) is 5.75 Å². The summed E-state index contributed by atoms with van der Waals surface area (Å²) in [7, 11) is 0. The van der Waals surface area contributed by atoms with E-state index in [1.165, 1.54) is 10.5 Å². The van der Waals surface area contributed by atoms with E-state index in [0.717, 1.165) is 31.8 Å². The summed E-state index contributed by atoms with van der Waals surface area (Å²) in [6.45, 7) is 2.54. The van der Waals surface area contributed by atoms with Crippen molar-refractivity contribution < 1.29 is 14.3 Å². The quantitative estimate of drug-likeness (QED) is 0.253. The summed E-state index contributed by atoms with van der Waals surface area (Å²) in [4.78, 5) is 26.9. The number of nitrogens with zero attached hydrogens (tertiary/aromatic N) is 1. The molecule has 1 heterocycles. The van der Waals surface area contributed by atoms with Gasteiger partial charge in [-0.25, -0.2) is 0 Å². The highest BCUT2D eigenvalue weighted by atomic mass is 79.9. The molecule has 0 radical (unpaired) electrons. The fourth-order valence-corrected chi connectivity index (χ4v) is 6.01. The van der Waals surface area contributed by atoms with E-state index in [1.54, 1.807) is 24.3 Å². The predicted octanol–water partition coefficient (Wildman–Crippen LogP) is 8.64. The van der Waals surface area contributed by atoms with Crippen molar-refractivity contribution in [3.63, 3.8) is 0 Å². The Balaban J connectivity index is 1.50. The highest BCUT2D eigenvalue weighted by Crippen LogP contribution is 2.38. The van der Waals surface area contributed by atoms with Crippen molar-refractivity contribution in [2.75, 3.05) is 0 Å². The van der Waals surface area contributed by atoms with Gasteiger partial charge in [-0.3, -0.25) is 14.5 Å². The minimum atomic E-state index is -0.368. The van der Waals surface area contributed by atoms with Gasteiger partial charge in [-0.2, -0.15) is 0 Å². The predicted molar refractivity (Wildman–Crippen MR) is 145 cm³/mol. The molecule has 1 fully saturated rings. The Morgan fingerprint density at radius 3 is 2.32 bits per heavy atom. The third-order valence-corrected chi connectivity index (χ3v) is 7.71. The Labute approximate surface area is 228 Å². The van der Waals surface area contributed by atoms with Crippen LogP contribution in [0.25, 0.3) is 6.08 Å². The molecule has 0 spiro atoms. The fourth-order valence-electron chi connectivity index (χ4n) is 3.25.